The predicted octanol–water partition coefficient (Wildman–Crippen LogP) is 2.03. The van der Waals surface area contributed by atoms with Gasteiger partial charge in [-0.05, 0) is 38.1 Å². The van der Waals surface area contributed by atoms with Crippen LogP contribution in [0.25, 0.3) is 10.2 Å². The van der Waals surface area contributed by atoms with Crippen molar-refractivity contribution >= 4 is 44.7 Å². The molecular weight excluding hydrogens is 374 g/mol. The molecule has 0 bridgehead atoms. The summed E-state index contributed by atoms with van der Waals surface area (Å²) in [6.07, 6.45) is 0. The Bertz CT molecular complexity index is 901. The Hall–Kier alpha value is -1.13. The highest BCUT2D eigenvalue weighted by molar-refractivity contribution is 8.01. The van der Waals surface area contributed by atoms with Gasteiger partial charge in [-0.15, -0.1) is 21.5 Å². The van der Waals surface area contributed by atoms with Gasteiger partial charge in [-0.25, -0.2) is 9.97 Å². The molecular formula is C16H20N5OS3+. The zero-order valence-corrected chi connectivity index (χ0v) is 16.9. The first-order valence-electron chi connectivity index (χ1n) is 8.26. The lowest BCUT2D eigenvalue weighted by atomic mass is 10.2. The summed E-state index contributed by atoms with van der Waals surface area (Å²) >= 11 is 4.97. The second kappa shape index (κ2) is 7.24. The average molecular weight is 395 g/mol. The minimum Gasteiger partial charge on any atom is -0.370 e. The Morgan fingerprint density at radius 2 is 1.88 bits per heavy atom. The average Bonchev–Trinajstić information content (AvgIpc) is 3.12. The SMILES string of the molecule is Cc1nnc(Sc2nc(C[NH+]3CCOCC3)nc3sc(C)c(C)c23)s1. The third-order valence-electron chi connectivity index (χ3n) is 4.34. The molecule has 1 aliphatic heterocycles. The summed E-state index contributed by atoms with van der Waals surface area (Å²) in [7, 11) is 0. The number of nitrogens with one attached hydrogen (secondary N) is 1. The highest BCUT2D eigenvalue weighted by Gasteiger charge is 2.20. The standard InChI is InChI=1S/C16H19N5OS3/c1-9-10(2)23-14-13(9)15(25-16-20-19-11(3)24-16)18-12(17-14)8-21-4-6-22-7-5-21/h4-8H2,1-3H3/p+1. The van der Waals surface area contributed by atoms with Gasteiger partial charge < -0.3 is 9.64 Å². The molecule has 0 amide bonds. The zero-order valence-electron chi connectivity index (χ0n) is 14.5. The Labute approximate surface area is 158 Å². The van der Waals surface area contributed by atoms with Crippen LogP contribution in [0.5, 0.6) is 0 Å². The zero-order chi connectivity index (χ0) is 17.4. The minimum atomic E-state index is 0.820. The van der Waals surface area contributed by atoms with E-state index in [2.05, 4.69) is 24.0 Å². The molecule has 3 aromatic rings. The molecule has 1 saturated heterocycles. The van der Waals surface area contributed by atoms with Crippen LogP contribution < -0.4 is 4.90 Å². The monoisotopic (exact) mass is 394 g/mol. The van der Waals surface area contributed by atoms with Crippen LogP contribution >= 0.6 is 34.4 Å². The maximum absolute atomic E-state index is 5.45. The molecule has 1 N–H and O–H groups in total. The number of ether oxygens (including phenoxy) is 1. The van der Waals surface area contributed by atoms with E-state index in [9.17, 15) is 0 Å². The number of hydrogen-bond acceptors (Lipinski definition) is 8. The lowest BCUT2D eigenvalue weighted by Gasteiger charge is -2.23. The third kappa shape index (κ3) is 3.70. The van der Waals surface area contributed by atoms with Gasteiger partial charge in [-0.2, -0.15) is 0 Å². The summed E-state index contributed by atoms with van der Waals surface area (Å²) in [5, 5.41) is 11.5. The maximum Gasteiger partial charge on any atom is 0.186 e. The topological polar surface area (TPSA) is 65.2 Å². The van der Waals surface area contributed by atoms with Gasteiger partial charge in [0, 0.05) is 10.3 Å². The van der Waals surface area contributed by atoms with Crippen LogP contribution in [-0.4, -0.2) is 46.5 Å². The normalized spacial score (nSPS) is 16.0. The van der Waals surface area contributed by atoms with Gasteiger partial charge >= 0.3 is 0 Å². The van der Waals surface area contributed by atoms with Crippen LogP contribution in [0.3, 0.4) is 0 Å². The van der Waals surface area contributed by atoms with Crippen molar-refractivity contribution in [3.8, 4) is 0 Å². The molecule has 0 aromatic carbocycles. The molecule has 0 aliphatic carbocycles. The van der Waals surface area contributed by atoms with Crippen molar-refractivity contribution in [3.05, 3.63) is 21.3 Å². The molecule has 0 atom stereocenters. The maximum atomic E-state index is 5.45. The minimum absolute atomic E-state index is 0.820. The van der Waals surface area contributed by atoms with E-state index in [1.165, 1.54) is 20.7 Å². The number of rotatable bonds is 4. The second-order valence-electron chi connectivity index (χ2n) is 6.14. The second-order valence-corrected chi connectivity index (χ2v) is 9.76. The Balaban J connectivity index is 1.72. The molecule has 6 nitrogen and oxygen atoms in total. The van der Waals surface area contributed by atoms with E-state index in [-0.39, 0.29) is 0 Å². The van der Waals surface area contributed by atoms with Crippen molar-refractivity contribution in [2.75, 3.05) is 26.3 Å². The van der Waals surface area contributed by atoms with E-state index in [0.29, 0.717) is 0 Å². The number of nitrogens with zero attached hydrogens (tertiary/aromatic N) is 4. The van der Waals surface area contributed by atoms with Crippen molar-refractivity contribution in [2.45, 2.75) is 36.7 Å². The fourth-order valence-corrected chi connectivity index (χ4v) is 5.91. The fourth-order valence-electron chi connectivity index (χ4n) is 2.87. The summed E-state index contributed by atoms with van der Waals surface area (Å²) < 4.78 is 6.39. The van der Waals surface area contributed by atoms with Gasteiger partial charge in [0.15, 0.2) is 10.2 Å². The smallest absolute Gasteiger partial charge is 0.186 e. The molecule has 0 radical (unpaired) electrons. The number of morpholine rings is 1. The van der Waals surface area contributed by atoms with E-state index in [1.54, 1.807) is 34.4 Å². The van der Waals surface area contributed by atoms with Crippen molar-refractivity contribution in [2.24, 2.45) is 0 Å². The van der Waals surface area contributed by atoms with Gasteiger partial charge in [0.25, 0.3) is 0 Å². The van der Waals surface area contributed by atoms with Crippen LogP contribution in [-0.2, 0) is 11.3 Å². The lowest BCUT2D eigenvalue weighted by Crippen LogP contribution is -3.12. The van der Waals surface area contributed by atoms with Gasteiger partial charge in [-0.3, -0.25) is 0 Å². The molecule has 0 unspecified atom stereocenters. The molecule has 132 valence electrons. The summed E-state index contributed by atoms with van der Waals surface area (Å²) in [4.78, 5) is 13.6. The van der Waals surface area contributed by atoms with E-state index < -0.39 is 0 Å². The first-order valence-corrected chi connectivity index (χ1v) is 10.7. The number of aryl methyl sites for hydroxylation is 3. The van der Waals surface area contributed by atoms with E-state index >= 15 is 0 Å². The van der Waals surface area contributed by atoms with Crippen LogP contribution in [0.2, 0.25) is 0 Å². The summed E-state index contributed by atoms with van der Waals surface area (Å²) in [5.74, 6) is 0.911. The number of thiophene rings is 1. The molecule has 1 fully saturated rings. The quantitative estimate of drug-likeness (QED) is 0.683. The van der Waals surface area contributed by atoms with Crippen molar-refractivity contribution < 1.29 is 9.64 Å². The number of aromatic nitrogens is 4. The number of hydrogen-bond donors (Lipinski definition) is 1. The van der Waals surface area contributed by atoms with E-state index in [0.717, 1.165) is 57.9 Å². The van der Waals surface area contributed by atoms with E-state index in [4.69, 9.17) is 14.7 Å². The number of quaternary nitrogens is 1. The van der Waals surface area contributed by atoms with Crippen LogP contribution in [0.1, 0.15) is 21.3 Å². The molecule has 0 saturated carbocycles. The van der Waals surface area contributed by atoms with Crippen LogP contribution in [0.15, 0.2) is 9.37 Å². The highest BCUT2D eigenvalue weighted by atomic mass is 32.2. The summed E-state index contributed by atoms with van der Waals surface area (Å²) in [6, 6.07) is 0. The largest absolute Gasteiger partial charge is 0.370 e. The third-order valence-corrected chi connectivity index (χ3v) is 7.32. The van der Waals surface area contributed by atoms with Gasteiger partial charge in [0.05, 0.1) is 13.2 Å². The Morgan fingerprint density at radius 1 is 1.08 bits per heavy atom. The summed E-state index contributed by atoms with van der Waals surface area (Å²) in [6.45, 7) is 10.8. The number of fused-ring (bicyclic) bond motifs is 1. The van der Waals surface area contributed by atoms with Crippen LogP contribution in [0.4, 0.5) is 0 Å². The molecule has 0 spiro atoms. The van der Waals surface area contributed by atoms with Crippen LogP contribution in [0, 0.1) is 20.8 Å². The first-order chi connectivity index (χ1) is 12.1. The predicted molar refractivity (Wildman–Crippen MR) is 101 cm³/mol. The fraction of sp³-hybridized carbons (Fsp3) is 0.500. The molecule has 1 aliphatic rings. The molecule has 3 aromatic heterocycles. The molecule has 4 heterocycles. The van der Waals surface area contributed by atoms with Crippen molar-refractivity contribution in [3.63, 3.8) is 0 Å². The molecule has 4 rings (SSSR count). The first kappa shape index (κ1) is 17.3. The molecule has 9 heteroatoms. The highest BCUT2D eigenvalue weighted by Crippen LogP contribution is 2.38. The Morgan fingerprint density at radius 3 is 2.60 bits per heavy atom. The van der Waals surface area contributed by atoms with E-state index in [1.807, 2.05) is 6.92 Å². The van der Waals surface area contributed by atoms with Crippen molar-refractivity contribution in [1.29, 1.82) is 0 Å². The van der Waals surface area contributed by atoms with Gasteiger partial charge in [0.2, 0.25) is 0 Å². The summed E-state index contributed by atoms with van der Waals surface area (Å²) in [5.41, 5.74) is 1.27. The van der Waals surface area contributed by atoms with Gasteiger partial charge in [-0.1, -0.05) is 11.3 Å². The van der Waals surface area contributed by atoms with Crippen molar-refractivity contribution in [1.82, 2.24) is 20.2 Å². The Kier molecular flexibility index (Phi) is 5.01. The van der Waals surface area contributed by atoms with Gasteiger partial charge in [0.1, 0.15) is 34.5 Å². The lowest BCUT2D eigenvalue weighted by molar-refractivity contribution is -0.922. The molecule has 25 heavy (non-hydrogen) atoms.